The molecule has 0 radical (unpaired) electrons. The van der Waals surface area contributed by atoms with E-state index in [9.17, 15) is 13.2 Å². The normalized spacial score (nSPS) is 17.8. The van der Waals surface area contributed by atoms with Gasteiger partial charge in [-0.15, -0.1) is 6.58 Å². The van der Waals surface area contributed by atoms with Crippen molar-refractivity contribution in [1.82, 2.24) is 4.90 Å². The molecule has 0 bridgehead atoms. The first-order chi connectivity index (χ1) is 10.4. The van der Waals surface area contributed by atoms with Crippen molar-refractivity contribution in [3.63, 3.8) is 0 Å². The minimum atomic E-state index is -3.54. The molecule has 1 unspecified atom stereocenters. The largest absolute Gasteiger partial charge is 0.481 e. The predicted molar refractivity (Wildman–Crippen MR) is 84.4 cm³/mol. The van der Waals surface area contributed by atoms with Crippen molar-refractivity contribution in [2.75, 3.05) is 13.1 Å². The molecule has 1 aliphatic rings. The number of carboxylic acid groups (broad SMARTS) is 1. The molecular formula is C16H21NO4S. The minimum absolute atomic E-state index is 0.114. The second-order valence-corrected chi connectivity index (χ2v) is 7.53. The maximum absolute atomic E-state index is 12.8. The number of aliphatic carboxylic acids is 1. The van der Waals surface area contributed by atoms with Gasteiger partial charge < -0.3 is 5.11 Å². The van der Waals surface area contributed by atoms with Gasteiger partial charge in [-0.25, -0.2) is 8.42 Å². The first-order valence-electron chi connectivity index (χ1n) is 7.36. The lowest BCUT2D eigenvalue weighted by Gasteiger charge is -2.32. The van der Waals surface area contributed by atoms with Crippen molar-refractivity contribution in [2.24, 2.45) is 0 Å². The summed E-state index contributed by atoms with van der Waals surface area (Å²) in [5.41, 5.74) is 0.583. The highest BCUT2D eigenvalue weighted by Crippen LogP contribution is 2.23. The van der Waals surface area contributed by atoms with E-state index in [1.54, 1.807) is 12.1 Å². The Balaban J connectivity index is 2.23. The highest BCUT2D eigenvalue weighted by Gasteiger charge is 2.31. The number of sulfone groups is 1. The summed E-state index contributed by atoms with van der Waals surface area (Å²) in [6, 6.07) is 6.07. The quantitative estimate of drug-likeness (QED) is 0.811. The van der Waals surface area contributed by atoms with Gasteiger partial charge in [-0.05, 0) is 43.6 Å². The van der Waals surface area contributed by atoms with E-state index in [-0.39, 0.29) is 11.3 Å². The monoisotopic (exact) mass is 323 g/mol. The molecule has 1 saturated heterocycles. The maximum Gasteiger partial charge on any atom is 0.307 e. The molecule has 0 saturated carbocycles. The van der Waals surface area contributed by atoms with Crippen LogP contribution in [0.5, 0.6) is 0 Å². The van der Waals surface area contributed by atoms with Gasteiger partial charge in [0, 0.05) is 0 Å². The van der Waals surface area contributed by atoms with Crippen LogP contribution in [-0.2, 0) is 21.1 Å². The first-order valence-corrected chi connectivity index (χ1v) is 8.91. The zero-order valence-corrected chi connectivity index (χ0v) is 13.3. The Morgan fingerprint density at radius 2 is 1.82 bits per heavy atom. The van der Waals surface area contributed by atoms with E-state index in [0.717, 1.165) is 32.4 Å². The predicted octanol–water partition coefficient (Wildman–Crippen LogP) is 2.09. The van der Waals surface area contributed by atoms with Crippen molar-refractivity contribution < 1.29 is 18.3 Å². The molecule has 0 aromatic heterocycles. The second-order valence-electron chi connectivity index (χ2n) is 5.48. The average molecular weight is 323 g/mol. The van der Waals surface area contributed by atoms with Crippen LogP contribution in [0.4, 0.5) is 0 Å². The third-order valence-corrected chi connectivity index (χ3v) is 5.93. The minimum Gasteiger partial charge on any atom is -0.481 e. The Kier molecular flexibility index (Phi) is 5.37. The fourth-order valence-electron chi connectivity index (χ4n) is 2.76. The van der Waals surface area contributed by atoms with E-state index >= 15 is 0 Å². The van der Waals surface area contributed by atoms with Crippen LogP contribution >= 0.6 is 0 Å². The van der Waals surface area contributed by atoms with Crippen LogP contribution in [0, 0.1) is 0 Å². The number of piperidine rings is 1. The molecule has 1 aromatic carbocycles. The third-order valence-electron chi connectivity index (χ3n) is 3.88. The topological polar surface area (TPSA) is 74.7 Å². The van der Waals surface area contributed by atoms with Gasteiger partial charge in [-0.1, -0.05) is 24.6 Å². The highest BCUT2D eigenvalue weighted by atomic mass is 32.2. The van der Waals surface area contributed by atoms with Crippen LogP contribution in [0.3, 0.4) is 0 Å². The number of nitrogens with zero attached hydrogens (tertiary/aromatic N) is 1. The molecule has 1 N–H and O–H groups in total. The van der Waals surface area contributed by atoms with Crippen LogP contribution in [0.15, 0.2) is 41.8 Å². The zero-order chi connectivity index (χ0) is 16.2. The van der Waals surface area contributed by atoms with Gasteiger partial charge in [-0.3, -0.25) is 9.69 Å². The molecule has 1 aliphatic heterocycles. The van der Waals surface area contributed by atoms with Gasteiger partial charge >= 0.3 is 5.97 Å². The number of hydrogen-bond donors (Lipinski definition) is 1. The standard InChI is InChI=1S/C16H21NO4S/c1-2-15(17-10-4-3-5-11-17)22(20,21)14-8-6-13(7-9-14)12-16(18)19/h2,6-9,15H,1,3-5,10-12H2,(H,18,19). The van der Waals surface area contributed by atoms with Crippen LogP contribution in [-0.4, -0.2) is 42.9 Å². The molecule has 1 heterocycles. The van der Waals surface area contributed by atoms with Crippen molar-refractivity contribution in [3.05, 3.63) is 42.5 Å². The number of carboxylic acids is 1. The zero-order valence-electron chi connectivity index (χ0n) is 12.4. The Labute approximate surface area is 131 Å². The molecular weight excluding hydrogens is 302 g/mol. The van der Waals surface area contributed by atoms with Gasteiger partial charge in [0.05, 0.1) is 11.3 Å². The van der Waals surface area contributed by atoms with Crippen LogP contribution < -0.4 is 0 Å². The van der Waals surface area contributed by atoms with Crippen molar-refractivity contribution in [1.29, 1.82) is 0 Å². The Hall–Kier alpha value is -1.66. The molecule has 1 aromatic rings. The summed E-state index contributed by atoms with van der Waals surface area (Å²) in [4.78, 5) is 12.8. The number of benzene rings is 1. The van der Waals surface area contributed by atoms with E-state index in [4.69, 9.17) is 5.11 Å². The summed E-state index contributed by atoms with van der Waals surface area (Å²) in [6.07, 6.45) is 4.49. The molecule has 5 nitrogen and oxygen atoms in total. The van der Waals surface area contributed by atoms with E-state index < -0.39 is 21.2 Å². The molecule has 120 valence electrons. The summed E-state index contributed by atoms with van der Waals surface area (Å²) in [5.74, 6) is -0.937. The van der Waals surface area contributed by atoms with Gasteiger partial charge in [0.1, 0.15) is 5.37 Å². The van der Waals surface area contributed by atoms with Gasteiger partial charge in [-0.2, -0.15) is 0 Å². The van der Waals surface area contributed by atoms with Crippen molar-refractivity contribution >= 4 is 15.8 Å². The first kappa shape index (κ1) is 16.7. The number of rotatable bonds is 6. The molecule has 0 aliphatic carbocycles. The van der Waals surface area contributed by atoms with Gasteiger partial charge in [0.2, 0.25) is 0 Å². The molecule has 2 rings (SSSR count). The smallest absolute Gasteiger partial charge is 0.307 e. The van der Waals surface area contributed by atoms with E-state index in [0.29, 0.717) is 5.56 Å². The van der Waals surface area contributed by atoms with Crippen molar-refractivity contribution in [2.45, 2.75) is 36.0 Å². The lowest BCUT2D eigenvalue weighted by Crippen LogP contribution is -2.42. The van der Waals surface area contributed by atoms with Crippen LogP contribution in [0.2, 0.25) is 0 Å². The molecule has 6 heteroatoms. The fourth-order valence-corrected chi connectivity index (χ4v) is 4.41. The number of carbonyl (C=O) groups is 1. The lowest BCUT2D eigenvalue weighted by molar-refractivity contribution is -0.136. The fraction of sp³-hybridized carbons (Fsp3) is 0.438. The Bertz CT molecular complexity index is 631. The SMILES string of the molecule is C=CC(N1CCCCC1)S(=O)(=O)c1ccc(CC(=O)O)cc1. The highest BCUT2D eigenvalue weighted by molar-refractivity contribution is 7.92. The molecule has 0 amide bonds. The summed E-state index contributed by atoms with van der Waals surface area (Å²) in [7, 11) is -3.54. The van der Waals surface area contributed by atoms with Gasteiger partial charge in [0.25, 0.3) is 0 Å². The molecule has 1 fully saturated rings. The number of hydrogen-bond acceptors (Lipinski definition) is 4. The summed E-state index contributed by atoms with van der Waals surface area (Å²) < 4.78 is 25.5. The summed E-state index contributed by atoms with van der Waals surface area (Å²) in [6.45, 7) is 5.20. The maximum atomic E-state index is 12.8. The van der Waals surface area contributed by atoms with Gasteiger partial charge in [0.15, 0.2) is 9.84 Å². The average Bonchev–Trinajstić information content (AvgIpc) is 2.49. The molecule has 0 spiro atoms. The number of likely N-dealkylation sites (tertiary alicyclic amines) is 1. The van der Waals surface area contributed by atoms with Crippen molar-refractivity contribution in [3.8, 4) is 0 Å². The lowest BCUT2D eigenvalue weighted by atomic mass is 10.1. The third kappa shape index (κ3) is 3.75. The second kappa shape index (κ2) is 7.07. The van der Waals surface area contributed by atoms with Crippen LogP contribution in [0.1, 0.15) is 24.8 Å². The van der Waals surface area contributed by atoms with E-state index in [2.05, 4.69) is 6.58 Å². The van der Waals surface area contributed by atoms with E-state index in [1.165, 1.54) is 18.2 Å². The molecule has 22 heavy (non-hydrogen) atoms. The summed E-state index contributed by atoms with van der Waals surface area (Å²) >= 11 is 0. The Morgan fingerprint density at radius 1 is 1.23 bits per heavy atom. The molecule has 1 atom stereocenters. The summed E-state index contributed by atoms with van der Waals surface area (Å²) in [5, 5.41) is 8.03. The Morgan fingerprint density at radius 3 is 2.32 bits per heavy atom. The van der Waals surface area contributed by atoms with E-state index in [1.807, 2.05) is 4.90 Å². The van der Waals surface area contributed by atoms with Crippen LogP contribution in [0.25, 0.3) is 0 Å².